The molecule has 0 spiro atoms. The molecule has 1 aliphatic carbocycles. The van der Waals surface area contributed by atoms with Crippen LogP contribution in [-0.4, -0.2) is 69.2 Å². The summed E-state index contributed by atoms with van der Waals surface area (Å²) in [4.78, 5) is 30.0. The van der Waals surface area contributed by atoms with E-state index in [1.165, 1.54) is 18.5 Å². The van der Waals surface area contributed by atoms with Gasteiger partial charge in [-0.05, 0) is 51.5 Å². The third-order valence-electron chi connectivity index (χ3n) is 7.58. The standard InChI is InChI=1S/C28H30ClF3N6O3/c1-27(2,3)41-26(39)38-12-16-8-17(38)11-37(16)21-7-5-19-24(36-21)25(34-14-33-19)35-18-4-6-20(22(29)23(18)30)40-13-15-9-28(31,32)10-15/h4-7,14-17H,8-13H2,1-3H3,(H,33,34,35)/t16-,17-/m0/s1. The van der Waals surface area contributed by atoms with Gasteiger partial charge in [-0.25, -0.2) is 32.9 Å². The fourth-order valence-corrected chi connectivity index (χ4v) is 5.87. The van der Waals surface area contributed by atoms with Gasteiger partial charge in [-0.2, -0.15) is 0 Å². The first kappa shape index (κ1) is 27.6. The third-order valence-corrected chi connectivity index (χ3v) is 7.93. The summed E-state index contributed by atoms with van der Waals surface area (Å²) in [5.41, 5.74) is 0.501. The van der Waals surface area contributed by atoms with Gasteiger partial charge in [0, 0.05) is 31.8 Å². The van der Waals surface area contributed by atoms with Gasteiger partial charge in [0.1, 0.15) is 34.0 Å². The number of carbonyl (C=O) groups excluding carboxylic acids is 1. The van der Waals surface area contributed by atoms with E-state index in [0.29, 0.717) is 29.9 Å². The van der Waals surface area contributed by atoms with Crippen LogP contribution >= 0.6 is 11.6 Å². The lowest BCUT2D eigenvalue weighted by Crippen LogP contribution is -2.50. The Balaban J connectivity index is 1.17. The number of alkyl halides is 2. The minimum absolute atomic E-state index is 0.0229. The molecule has 6 rings (SSSR count). The number of amides is 1. The molecule has 2 atom stereocenters. The molecule has 1 aromatic carbocycles. The zero-order valence-corrected chi connectivity index (χ0v) is 23.6. The number of rotatable bonds is 6. The van der Waals surface area contributed by atoms with Crippen molar-refractivity contribution in [3.63, 3.8) is 0 Å². The number of hydrogen-bond donors (Lipinski definition) is 1. The predicted molar refractivity (Wildman–Crippen MR) is 148 cm³/mol. The monoisotopic (exact) mass is 590 g/mol. The molecular weight excluding hydrogens is 561 g/mol. The molecular formula is C28H30ClF3N6O3. The Kier molecular flexibility index (Phi) is 6.79. The van der Waals surface area contributed by atoms with Crippen molar-refractivity contribution in [2.75, 3.05) is 29.9 Å². The van der Waals surface area contributed by atoms with Gasteiger partial charge < -0.3 is 24.6 Å². The van der Waals surface area contributed by atoms with Gasteiger partial charge in [-0.15, -0.1) is 0 Å². The molecule has 2 bridgehead atoms. The van der Waals surface area contributed by atoms with Gasteiger partial charge in [0.05, 0.1) is 29.9 Å². The lowest BCUT2D eigenvalue weighted by Gasteiger charge is -2.35. The highest BCUT2D eigenvalue weighted by molar-refractivity contribution is 6.32. The van der Waals surface area contributed by atoms with E-state index in [-0.39, 0.29) is 65.8 Å². The molecule has 13 heteroatoms. The molecule has 2 saturated heterocycles. The van der Waals surface area contributed by atoms with E-state index >= 15 is 4.39 Å². The Hall–Kier alpha value is -3.54. The van der Waals surface area contributed by atoms with Crippen LogP contribution in [-0.2, 0) is 4.74 Å². The van der Waals surface area contributed by atoms with Gasteiger partial charge in [0.15, 0.2) is 11.6 Å². The summed E-state index contributed by atoms with van der Waals surface area (Å²) < 4.78 is 52.5. The Morgan fingerprint density at radius 2 is 1.93 bits per heavy atom. The number of benzene rings is 1. The Morgan fingerprint density at radius 1 is 1.15 bits per heavy atom. The number of aromatic nitrogens is 3. The maximum atomic E-state index is 15.2. The van der Waals surface area contributed by atoms with Crippen molar-refractivity contribution in [1.82, 2.24) is 19.9 Å². The number of nitrogens with one attached hydrogen (secondary N) is 1. The first-order valence-electron chi connectivity index (χ1n) is 13.5. The molecule has 4 heterocycles. The number of pyridine rings is 1. The first-order valence-corrected chi connectivity index (χ1v) is 13.9. The van der Waals surface area contributed by atoms with Crippen LogP contribution < -0.4 is 15.0 Å². The topological polar surface area (TPSA) is 92.7 Å². The third kappa shape index (κ3) is 5.53. The fourth-order valence-electron chi connectivity index (χ4n) is 5.65. The highest BCUT2D eigenvalue weighted by Gasteiger charge is 2.47. The van der Waals surface area contributed by atoms with E-state index < -0.39 is 17.3 Å². The van der Waals surface area contributed by atoms with Crippen molar-refractivity contribution in [3.8, 4) is 5.75 Å². The van der Waals surface area contributed by atoms with Crippen LogP contribution in [0.15, 0.2) is 30.6 Å². The number of nitrogens with zero attached hydrogens (tertiary/aromatic N) is 5. The minimum Gasteiger partial charge on any atom is -0.492 e. The lowest BCUT2D eigenvalue weighted by atomic mass is 9.82. The van der Waals surface area contributed by atoms with E-state index in [9.17, 15) is 13.6 Å². The first-order chi connectivity index (χ1) is 19.4. The number of likely N-dealkylation sites (tertiary alicyclic amines) is 1. The zero-order valence-electron chi connectivity index (χ0n) is 22.8. The molecule has 1 saturated carbocycles. The molecule has 3 aromatic rings. The van der Waals surface area contributed by atoms with Crippen LogP contribution in [0, 0.1) is 11.7 Å². The fraction of sp³-hybridized carbons (Fsp3) is 0.500. The second kappa shape index (κ2) is 10.1. The van der Waals surface area contributed by atoms with E-state index in [1.54, 1.807) is 4.90 Å². The molecule has 2 aliphatic heterocycles. The van der Waals surface area contributed by atoms with Crippen LogP contribution in [0.5, 0.6) is 5.75 Å². The minimum atomic E-state index is -2.65. The lowest BCUT2D eigenvalue weighted by molar-refractivity contribution is -0.119. The predicted octanol–water partition coefficient (Wildman–Crippen LogP) is 6.18. The van der Waals surface area contributed by atoms with Crippen LogP contribution in [0.25, 0.3) is 11.0 Å². The number of piperazine rings is 1. The normalized spacial score (nSPS) is 21.7. The molecule has 1 N–H and O–H groups in total. The summed E-state index contributed by atoms with van der Waals surface area (Å²) in [6, 6.07) is 6.76. The molecule has 9 nitrogen and oxygen atoms in total. The van der Waals surface area contributed by atoms with Gasteiger partial charge in [0.25, 0.3) is 0 Å². The highest BCUT2D eigenvalue weighted by atomic mass is 35.5. The summed E-state index contributed by atoms with van der Waals surface area (Å²) in [6.45, 7) is 6.74. The molecule has 3 fully saturated rings. The van der Waals surface area contributed by atoms with E-state index in [4.69, 9.17) is 26.1 Å². The molecule has 3 aliphatic rings. The number of fused-ring (bicyclic) bond motifs is 3. The van der Waals surface area contributed by atoms with Crippen molar-refractivity contribution in [2.24, 2.45) is 5.92 Å². The smallest absolute Gasteiger partial charge is 0.410 e. The Labute approximate surface area is 240 Å². The van der Waals surface area contributed by atoms with Crippen molar-refractivity contribution in [2.45, 2.75) is 63.6 Å². The number of carbonyl (C=O) groups is 1. The SMILES string of the molecule is CC(C)(C)OC(=O)N1C[C@@H]2C[C@H]1CN2c1ccc2ncnc(Nc3ccc(OCC4CC(F)(F)C4)c(Cl)c3F)c2n1. The van der Waals surface area contributed by atoms with E-state index in [0.717, 1.165) is 6.42 Å². The summed E-state index contributed by atoms with van der Waals surface area (Å²) in [6.07, 6.45) is 1.37. The molecule has 218 valence electrons. The average Bonchev–Trinajstić information content (AvgIpc) is 3.50. The van der Waals surface area contributed by atoms with Gasteiger partial charge >= 0.3 is 6.09 Å². The molecule has 41 heavy (non-hydrogen) atoms. The van der Waals surface area contributed by atoms with Crippen molar-refractivity contribution in [3.05, 3.63) is 41.4 Å². The summed E-state index contributed by atoms with van der Waals surface area (Å²) >= 11 is 6.22. The number of hydrogen-bond acceptors (Lipinski definition) is 8. The maximum Gasteiger partial charge on any atom is 0.410 e. The number of halogens is 4. The largest absolute Gasteiger partial charge is 0.492 e. The summed E-state index contributed by atoms with van der Waals surface area (Å²) in [7, 11) is 0. The molecule has 0 radical (unpaired) electrons. The zero-order chi connectivity index (χ0) is 29.1. The van der Waals surface area contributed by atoms with E-state index in [1.807, 2.05) is 32.9 Å². The summed E-state index contributed by atoms with van der Waals surface area (Å²) in [5, 5.41) is 2.71. The molecule has 2 aromatic heterocycles. The van der Waals surface area contributed by atoms with Crippen LogP contribution in [0.3, 0.4) is 0 Å². The van der Waals surface area contributed by atoms with Crippen LogP contribution in [0.2, 0.25) is 5.02 Å². The van der Waals surface area contributed by atoms with Gasteiger partial charge in [-0.3, -0.25) is 0 Å². The quantitative estimate of drug-likeness (QED) is 0.364. The van der Waals surface area contributed by atoms with E-state index in [2.05, 4.69) is 20.2 Å². The number of ether oxygens (including phenoxy) is 2. The summed E-state index contributed by atoms with van der Waals surface area (Å²) in [5.74, 6) is -2.62. The molecule has 0 unspecified atom stereocenters. The van der Waals surface area contributed by atoms with Gasteiger partial charge in [0.2, 0.25) is 5.92 Å². The van der Waals surface area contributed by atoms with Crippen molar-refractivity contribution >= 4 is 46.1 Å². The second-order valence-corrected chi connectivity index (χ2v) is 12.3. The number of anilines is 3. The van der Waals surface area contributed by atoms with Crippen LogP contribution in [0.4, 0.5) is 35.3 Å². The maximum absolute atomic E-state index is 15.2. The van der Waals surface area contributed by atoms with Crippen molar-refractivity contribution < 1.29 is 27.4 Å². The average molecular weight is 591 g/mol. The van der Waals surface area contributed by atoms with Gasteiger partial charge in [-0.1, -0.05) is 11.6 Å². The molecule has 1 amide bonds. The second-order valence-electron chi connectivity index (χ2n) is 11.9. The Bertz CT molecular complexity index is 1490. The van der Waals surface area contributed by atoms with Crippen molar-refractivity contribution in [1.29, 1.82) is 0 Å². The highest BCUT2D eigenvalue weighted by Crippen LogP contribution is 2.43. The Morgan fingerprint density at radius 3 is 2.61 bits per heavy atom. The van der Waals surface area contributed by atoms with Crippen LogP contribution in [0.1, 0.15) is 40.0 Å².